The Morgan fingerprint density at radius 3 is 0.893 bits per heavy atom. The van der Waals surface area contributed by atoms with Crippen LogP contribution in [0.25, 0.3) is 0 Å². The van der Waals surface area contributed by atoms with E-state index in [9.17, 15) is 0 Å². The molecule has 0 radical (unpaired) electrons. The molecule has 0 heterocycles. The predicted octanol–water partition coefficient (Wildman–Crippen LogP) is 4.97. The van der Waals surface area contributed by atoms with E-state index >= 15 is 0 Å². The molecule has 28 heavy (non-hydrogen) atoms. The van der Waals surface area contributed by atoms with Crippen molar-refractivity contribution >= 4 is 49.6 Å². The summed E-state index contributed by atoms with van der Waals surface area (Å²) in [5, 5.41) is 14.0. The van der Waals surface area contributed by atoms with Gasteiger partial charge in [-0.25, -0.2) is 0 Å². The van der Waals surface area contributed by atoms with Crippen LogP contribution in [-0.4, -0.2) is 52.4 Å². The summed E-state index contributed by atoms with van der Waals surface area (Å²) in [6.07, 6.45) is 13.2. The quantitative estimate of drug-likeness (QED) is 0.172. The third-order valence-corrected chi connectivity index (χ3v) is 4.22. The van der Waals surface area contributed by atoms with E-state index < -0.39 is 0 Å². The van der Waals surface area contributed by atoms with Gasteiger partial charge in [-0.3, -0.25) is 0 Å². The van der Waals surface area contributed by atoms with Crippen molar-refractivity contribution in [2.45, 2.75) is 78.1 Å². The maximum atomic E-state index is 3.55. The Morgan fingerprint density at radius 2 is 0.571 bits per heavy atom. The van der Waals surface area contributed by atoms with Crippen LogP contribution in [0.3, 0.4) is 0 Å². The maximum Gasteiger partial charge on any atom is -0.00368 e. The second-order valence-electron chi connectivity index (χ2n) is 6.83. The van der Waals surface area contributed by atoms with Crippen LogP contribution in [0.2, 0.25) is 0 Å². The van der Waals surface area contributed by atoms with Crippen molar-refractivity contribution in [2.75, 3.05) is 52.4 Å². The van der Waals surface area contributed by atoms with Crippen molar-refractivity contribution in [3.05, 3.63) is 0 Å². The zero-order chi connectivity index (χ0) is 17.6. The molecule has 0 fully saturated rings. The van der Waals surface area contributed by atoms with Crippen LogP contribution in [0.15, 0.2) is 0 Å². The first-order valence-electron chi connectivity index (χ1n) is 10.7. The predicted molar refractivity (Wildman–Crippen MR) is 138 cm³/mol. The van der Waals surface area contributed by atoms with E-state index in [1.807, 2.05) is 0 Å². The molecule has 0 aromatic rings. The largest absolute Gasteiger partial charge is 0.317 e. The fraction of sp³-hybridized carbons (Fsp3) is 1.00. The standard InChI is InChI=1S/C20H46N4.4ClH/c1-3-13-21-17-11-19-23-15-9-7-5-6-8-10-16-24-20-12-18-22-14-4-2;;;;/h21-24H,3-20H2,1-2H3;4*1H. The summed E-state index contributed by atoms with van der Waals surface area (Å²) in [7, 11) is 0. The van der Waals surface area contributed by atoms with Crippen molar-refractivity contribution in [3.8, 4) is 0 Å². The molecule has 0 aromatic carbocycles. The zero-order valence-corrected chi connectivity index (χ0v) is 21.6. The lowest BCUT2D eigenvalue weighted by molar-refractivity contribution is 0.534. The highest BCUT2D eigenvalue weighted by atomic mass is 35.5. The van der Waals surface area contributed by atoms with Gasteiger partial charge in [0.2, 0.25) is 0 Å². The van der Waals surface area contributed by atoms with Gasteiger partial charge in [0, 0.05) is 0 Å². The average molecular weight is 488 g/mol. The van der Waals surface area contributed by atoms with E-state index in [2.05, 4.69) is 35.1 Å². The van der Waals surface area contributed by atoms with Crippen LogP contribution in [0.5, 0.6) is 0 Å². The number of halogens is 4. The maximum absolute atomic E-state index is 3.55. The average Bonchev–Trinajstić information content (AvgIpc) is 2.60. The van der Waals surface area contributed by atoms with Crippen molar-refractivity contribution in [1.29, 1.82) is 0 Å². The monoisotopic (exact) mass is 486 g/mol. The Morgan fingerprint density at radius 1 is 0.321 bits per heavy atom. The summed E-state index contributed by atoms with van der Waals surface area (Å²) < 4.78 is 0. The zero-order valence-electron chi connectivity index (χ0n) is 18.4. The van der Waals surface area contributed by atoms with Crippen molar-refractivity contribution in [1.82, 2.24) is 21.3 Å². The Balaban J connectivity index is -0.000000441. The smallest absolute Gasteiger partial charge is 0.00368 e. The lowest BCUT2D eigenvalue weighted by atomic mass is 10.1. The van der Waals surface area contributed by atoms with E-state index in [0.29, 0.717) is 0 Å². The highest BCUT2D eigenvalue weighted by Crippen LogP contribution is 2.04. The molecule has 0 spiro atoms. The molecular formula is C20H50Cl4N4. The van der Waals surface area contributed by atoms with Gasteiger partial charge in [0.05, 0.1) is 0 Å². The summed E-state index contributed by atoms with van der Waals surface area (Å²) in [5.41, 5.74) is 0. The Kier molecular flexibility index (Phi) is 54.4. The van der Waals surface area contributed by atoms with Gasteiger partial charge in [-0.05, 0) is 90.9 Å². The number of unbranched alkanes of at least 4 members (excludes halogenated alkanes) is 5. The Bertz CT molecular complexity index is 206. The van der Waals surface area contributed by atoms with Gasteiger partial charge in [0.15, 0.2) is 0 Å². The summed E-state index contributed by atoms with van der Waals surface area (Å²) in [6, 6.07) is 0. The number of hydrogen-bond acceptors (Lipinski definition) is 4. The SMILES string of the molecule is CCCNCCCNCCCCCCCCNCCCNCCC.Cl.Cl.Cl.Cl. The molecule has 0 atom stereocenters. The summed E-state index contributed by atoms with van der Waals surface area (Å²) in [6.45, 7) is 13.8. The van der Waals surface area contributed by atoms with E-state index in [-0.39, 0.29) is 49.6 Å². The van der Waals surface area contributed by atoms with Gasteiger partial charge >= 0.3 is 0 Å². The topological polar surface area (TPSA) is 48.1 Å². The lowest BCUT2D eigenvalue weighted by Crippen LogP contribution is -2.23. The van der Waals surface area contributed by atoms with Gasteiger partial charge in [0.1, 0.15) is 0 Å². The van der Waals surface area contributed by atoms with Crippen molar-refractivity contribution < 1.29 is 0 Å². The molecule has 0 aliphatic rings. The minimum Gasteiger partial charge on any atom is -0.317 e. The highest BCUT2D eigenvalue weighted by molar-refractivity contribution is 5.86. The van der Waals surface area contributed by atoms with Gasteiger partial charge in [-0.1, -0.05) is 39.5 Å². The molecule has 0 rings (SSSR count). The van der Waals surface area contributed by atoms with Crippen LogP contribution in [0.4, 0.5) is 0 Å². The molecule has 0 aliphatic heterocycles. The summed E-state index contributed by atoms with van der Waals surface area (Å²) in [5.74, 6) is 0. The molecular weight excluding hydrogens is 438 g/mol. The summed E-state index contributed by atoms with van der Waals surface area (Å²) >= 11 is 0. The molecule has 178 valence electrons. The third-order valence-electron chi connectivity index (χ3n) is 4.22. The molecule has 4 N–H and O–H groups in total. The van der Waals surface area contributed by atoms with Gasteiger partial charge < -0.3 is 21.3 Å². The molecule has 0 unspecified atom stereocenters. The molecule has 8 heteroatoms. The van der Waals surface area contributed by atoms with Gasteiger partial charge in [0.25, 0.3) is 0 Å². The first kappa shape index (κ1) is 39.5. The van der Waals surface area contributed by atoms with Crippen LogP contribution in [-0.2, 0) is 0 Å². The lowest BCUT2D eigenvalue weighted by Gasteiger charge is -2.07. The fourth-order valence-corrected chi connectivity index (χ4v) is 2.74. The second-order valence-corrected chi connectivity index (χ2v) is 6.83. The van der Waals surface area contributed by atoms with Gasteiger partial charge in [-0.15, -0.1) is 49.6 Å². The molecule has 0 aliphatic carbocycles. The van der Waals surface area contributed by atoms with E-state index in [4.69, 9.17) is 0 Å². The summed E-state index contributed by atoms with van der Waals surface area (Å²) in [4.78, 5) is 0. The van der Waals surface area contributed by atoms with E-state index in [1.165, 1.54) is 77.3 Å². The molecule has 0 amide bonds. The molecule has 4 nitrogen and oxygen atoms in total. The van der Waals surface area contributed by atoms with Crippen molar-refractivity contribution in [3.63, 3.8) is 0 Å². The molecule has 0 aromatic heterocycles. The number of nitrogens with one attached hydrogen (secondary N) is 4. The van der Waals surface area contributed by atoms with Crippen LogP contribution < -0.4 is 21.3 Å². The molecule has 0 saturated heterocycles. The highest BCUT2D eigenvalue weighted by Gasteiger charge is 1.93. The Labute approximate surface area is 200 Å². The van der Waals surface area contributed by atoms with Gasteiger partial charge in [-0.2, -0.15) is 0 Å². The number of rotatable bonds is 21. The molecule has 0 saturated carbocycles. The Hall–Kier alpha value is 1.00. The third kappa shape index (κ3) is 37.7. The fourth-order valence-electron chi connectivity index (χ4n) is 2.74. The molecule has 0 bridgehead atoms. The van der Waals surface area contributed by atoms with Crippen molar-refractivity contribution in [2.24, 2.45) is 0 Å². The second kappa shape index (κ2) is 38.6. The number of hydrogen-bond donors (Lipinski definition) is 4. The van der Waals surface area contributed by atoms with Crippen LogP contribution in [0.1, 0.15) is 78.1 Å². The first-order chi connectivity index (χ1) is 11.9. The first-order valence-corrected chi connectivity index (χ1v) is 10.7. The normalized spacial score (nSPS) is 9.64. The minimum atomic E-state index is 0. The van der Waals surface area contributed by atoms with E-state index in [1.54, 1.807) is 0 Å². The van der Waals surface area contributed by atoms with E-state index in [0.717, 1.165) is 39.3 Å². The van der Waals surface area contributed by atoms with Crippen LogP contribution >= 0.6 is 49.6 Å². The minimum absolute atomic E-state index is 0. The van der Waals surface area contributed by atoms with Crippen LogP contribution in [0, 0.1) is 0 Å².